The second-order valence-corrected chi connectivity index (χ2v) is 8.81. The van der Waals surface area contributed by atoms with Gasteiger partial charge in [0.15, 0.2) is 0 Å². The van der Waals surface area contributed by atoms with E-state index >= 15 is 0 Å². The summed E-state index contributed by atoms with van der Waals surface area (Å²) in [6, 6.07) is 10.8. The van der Waals surface area contributed by atoms with Gasteiger partial charge in [0.1, 0.15) is 61.0 Å². The van der Waals surface area contributed by atoms with E-state index in [1.165, 1.54) is 0 Å². The fraction of sp³-hybridized carbons (Fsp3) is 0.462. The number of fused-ring (bicyclic) bond motifs is 1. The Bertz CT molecular complexity index is 1100. The number of ether oxygens (including phenoxy) is 2. The maximum absolute atomic E-state index is 10.1. The van der Waals surface area contributed by atoms with E-state index in [1.54, 1.807) is 24.3 Å². The van der Waals surface area contributed by atoms with Crippen LogP contribution in [0.15, 0.2) is 36.4 Å². The maximum Gasteiger partial charge on any atom is 0.147 e. The lowest BCUT2D eigenvalue weighted by molar-refractivity contribution is -0.214. The highest BCUT2D eigenvalue weighted by Crippen LogP contribution is 2.23. The summed E-state index contributed by atoms with van der Waals surface area (Å²) in [6.07, 6.45) is -13.1. The van der Waals surface area contributed by atoms with E-state index in [1.807, 2.05) is 12.1 Å². The SMILES string of the molecule is OC[C@H]1O[C@H](C#Cc2ccc3ccc(C#CC4O[C@H](CO)[C@@H](O)[C@H](O)[C@@H]4O)cc3c2)[C@@H](O)[C@@H](O)[C@@H]1O. The predicted octanol–water partition coefficient (Wildman–Crippen LogP) is -2.77. The first kappa shape index (κ1) is 26.5. The second-order valence-electron chi connectivity index (χ2n) is 8.81. The Hall–Kier alpha value is -2.58. The van der Waals surface area contributed by atoms with Gasteiger partial charge in [-0.2, -0.15) is 0 Å². The Balaban J connectivity index is 1.54. The highest BCUT2D eigenvalue weighted by Gasteiger charge is 2.43. The molecule has 10 atom stereocenters. The first-order valence-electron chi connectivity index (χ1n) is 11.4. The Labute approximate surface area is 207 Å². The third kappa shape index (κ3) is 5.39. The van der Waals surface area contributed by atoms with Crippen LogP contribution < -0.4 is 0 Å². The molecular weight excluding hydrogens is 472 g/mol. The van der Waals surface area contributed by atoms with Gasteiger partial charge in [-0.25, -0.2) is 0 Å². The fourth-order valence-electron chi connectivity index (χ4n) is 4.15. The van der Waals surface area contributed by atoms with Crippen molar-refractivity contribution in [3.05, 3.63) is 47.5 Å². The van der Waals surface area contributed by atoms with Gasteiger partial charge in [-0.3, -0.25) is 0 Å². The molecule has 0 spiro atoms. The number of hydrogen-bond donors (Lipinski definition) is 8. The zero-order chi connectivity index (χ0) is 26.0. The van der Waals surface area contributed by atoms with Crippen molar-refractivity contribution in [1.82, 2.24) is 0 Å². The van der Waals surface area contributed by atoms with Crippen LogP contribution in [0, 0.1) is 23.7 Å². The van der Waals surface area contributed by atoms with Crippen molar-refractivity contribution >= 4 is 10.8 Å². The van der Waals surface area contributed by atoms with Crippen LogP contribution in [-0.2, 0) is 9.47 Å². The van der Waals surface area contributed by atoms with Crippen LogP contribution in [0.1, 0.15) is 11.1 Å². The van der Waals surface area contributed by atoms with Crippen molar-refractivity contribution in [2.24, 2.45) is 0 Å². The number of rotatable bonds is 2. The zero-order valence-corrected chi connectivity index (χ0v) is 19.0. The molecule has 0 aromatic heterocycles. The molecule has 2 aromatic carbocycles. The molecule has 0 amide bonds. The van der Waals surface area contributed by atoms with Gasteiger partial charge >= 0.3 is 0 Å². The summed E-state index contributed by atoms with van der Waals surface area (Å²) in [5, 5.41) is 80.2. The molecule has 2 heterocycles. The van der Waals surface area contributed by atoms with E-state index in [9.17, 15) is 40.9 Å². The zero-order valence-electron chi connectivity index (χ0n) is 19.0. The lowest BCUT2D eigenvalue weighted by Crippen LogP contribution is -2.58. The molecule has 0 saturated carbocycles. The minimum Gasteiger partial charge on any atom is -0.394 e. The molecule has 2 aliphatic rings. The molecule has 2 aromatic rings. The summed E-state index contributed by atoms with van der Waals surface area (Å²) < 4.78 is 10.8. The standard InChI is InChI=1S/C26H28O10/c27-11-19-23(31)25(33)21(29)17(35-19)7-3-13-1-5-15-6-2-14(10-16(15)9-13)4-8-18-22(30)26(34)24(32)20(12-28)36-18/h1-2,5-6,9-10,17-34H,11-12H2/t17-,18?,19-,20-,21-,22-,23-,24-,25-,26-/m1/s1. The molecule has 2 aliphatic heterocycles. The normalized spacial score (nSPS) is 36.4. The molecule has 10 heteroatoms. The minimum absolute atomic E-state index is 0.536. The van der Waals surface area contributed by atoms with Crippen molar-refractivity contribution < 1.29 is 50.3 Å². The van der Waals surface area contributed by atoms with Crippen LogP contribution in [-0.4, -0.2) is 115 Å². The van der Waals surface area contributed by atoms with E-state index in [4.69, 9.17) is 9.47 Å². The molecular formula is C26H28O10. The van der Waals surface area contributed by atoms with Crippen molar-refractivity contribution in [2.45, 2.75) is 61.0 Å². The predicted molar refractivity (Wildman–Crippen MR) is 125 cm³/mol. The summed E-state index contributed by atoms with van der Waals surface area (Å²) in [4.78, 5) is 0. The van der Waals surface area contributed by atoms with Gasteiger partial charge in [0.25, 0.3) is 0 Å². The minimum atomic E-state index is -1.50. The van der Waals surface area contributed by atoms with E-state index < -0.39 is 74.3 Å². The van der Waals surface area contributed by atoms with Crippen molar-refractivity contribution in [1.29, 1.82) is 0 Å². The summed E-state index contributed by atoms with van der Waals surface area (Å²) in [5.41, 5.74) is 1.16. The van der Waals surface area contributed by atoms with Gasteiger partial charge < -0.3 is 50.3 Å². The highest BCUT2D eigenvalue weighted by molar-refractivity contribution is 5.85. The van der Waals surface area contributed by atoms with Gasteiger partial charge in [0.2, 0.25) is 0 Å². The van der Waals surface area contributed by atoms with Crippen LogP contribution >= 0.6 is 0 Å². The average Bonchev–Trinajstić information content (AvgIpc) is 2.89. The Morgan fingerprint density at radius 3 is 1.36 bits per heavy atom. The van der Waals surface area contributed by atoms with Crippen LogP contribution in [0.4, 0.5) is 0 Å². The second kappa shape index (κ2) is 11.2. The lowest BCUT2D eigenvalue weighted by Gasteiger charge is -2.37. The molecule has 0 bridgehead atoms. The summed E-state index contributed by atoms with van der Waals surface area (Å²) >= 11 is 0. The van der Waals surface area contributed by atoms with E-state index in [2.05, 4.69) is 23.7 Å². The van der Waals surface area contributed by atoms with Crippen LogP contribution in [0.3, 0.4) is 0 Å². The third-order valence-electron chi connectivity index (χ3n) is 6.34. The summed E-state index contributed by atoms with van der Waals surface area (Å²) in [5.74, 6) is 11.2. The average molecular weight is 501 g/mol. The van der Waals surface area contributed by atoms with Crippen LogP contribution in [0.25, 0.3) is 10.8 Å². The van der Waals surface area contributed by atoms with Gasteiger partial charge in [-0.1, -0.05) is 35.8 Å². The Morgan fingerprint density at radius 2 is 0.972 bits per heavy atom. The highest BCUT2D eigenvalue weighted by atomic mass is 16.5. The van der Waals surface area contributed by atoms with Crippen molar-refractivity contribution in [2.75, 3.05) is 13.2 Å². The molecule has 10 nitrogen and oxygen atoms in total. The number of aliphatic hydroxyl groups is 8. The van der Waals surface area contributed by atoms with E-state index in [0.29, 0.717) is 11.1 Å². The first-order valence-corrected chi connectivity index (χ1v) is 11.4. The van der Waals surface area contributed by atoms with Gasteiger partial charge in [-0.15, -0.1) is 0 Å². The van der Waals surface area contributed by atoms with Crippen LogP contribution in [0.2, 0.25) is 0 Å². The smallest absolute Gasteiger partial charge is 0.147 e. The quantitative estimate of drug-likeness (QED) is 0.201. The van der Waals surface area contributed by atoms with Crippen molar-refractivity contribution in [3.8, 4) is 23.7 Å². The number of benzene rings is 2. The molecule has 2 fully saturated rings. The number of aliphatic hydroxyl groups excluding tert-OH is 8. The molecule has 2 saturated heterocycles. The monoisotopic (exact) mass is 500 g/mol. The third-order valence-corrected chi connectivity index (χ3v) is 6.34. The number of hydrogen-bond acceptors (Lipinski definition) is 10. The summed E-state index contributed by atoms with van der Waals surface area (Å²) in [7, 11) is 0. The molecule has 4 rings (SSSR count). The van der Waals surface area contributed by atoms with E-state index in [0.717, 1.165) is 10.8 Å². The summed E-state index contributed by atoms with van der Waals surface area (Å²) in [6.45, 7) is -1.07. The Morgan fingerprint density at radius 1 is 0.556 bits per heavy atom. The van der Waals surface area contributed by atoms with Crippen LogP contribution in [0.5, 0.6) is 0 Å². The molecule has 192 valence electrons. The van der Waals surface area contributed by atoms with Gasteiger partial charge in [-0.05, 0) is 35.0 Å². The first-order chi connectivity index (χ1) is 17.2. The van der Waals surface area contributed by atoms with Gasteiger partial charge in [0.05, 0.1) is 13.2 Å². The topological polar surface area (TPSA) is 180 Å². The lowest BCUT2D eigenvalue weighted by atomic mass is 9.95. The maximum atomic E-state index is 10.1. The van der Waals surface area contributed by atoms with Gasteiger partial charge in [0, 0.05) is 11.1 Å². The molecule has 36 heavy (non-hydrogen) atoms. The molecule has 8 N–H and O–H groups in total. The molecule has 0 aliphatic carbocycles. The van der Waals surface area contributed by atoms with Crippen molar-refractivity contribution in [3.63, 3.8) is 0 Å². The fourth-order valence-corrected chi connectivity index (χ4v) is 4.15. The molecule has 0 radical (unpaired) electrons. The Kier molecular flexibility index (Phi) is 8.25. The largest absolute Gasteiger partial charge is 0.394 e. The van der Waals surface area contributed by atoms with E-state index in [-0.39, 0.29) is 0 Å². The molecule has 1 unspecified atom stereocenters.